The van der Waals surface area contributed by atoms with E-state index in [1.807, 2.05) is 0 Å². The van der Waals surface area contributed by atoms with Crippen LogP contribution in [0.15, 0.2) is 12.1 Å². The second-order valence-electron chi connectivity index (χ2n) is 5.60. The van der Waals surface area contributed by atoms with Gasteiger partial charge in [0, 0.05) is 12.1 Å². The number of halogens is 1. The van der Waals surface area contributed by atoms with Crippen LogP contribution in [0.3, 0.4) is 0 Å². The lowest BCUT2D eigenvalue weighted by molar-refractivity contribution is -0.118. The van der Waals surface area contributed by atoms with Gasteiger partial charge < -0.3 is 20.7 Å². The second-order valence-corrected chi connectivity index (χ2v) is 6.01. The highest BCUT2D eigenvalue weighted by molar-refractivity contribution is 6.34. The highest BCUT2D eigenvalue weighted by Gasteiger charge is 2.20. The van der Waals surface area contributed by atoms with Crippen LogP contribution in [-0.4, -0.2) is 24.6 Å². The van der Waals surface area contributed by atoms with Gasteiger partial charge in [0.15, 0.2) is 6.61 Å². The molecule has 2 aliphatic rings. The molecule has 0 unspecified atom stereocenters. The summed E-state index contributed by atoms with van der Waals surface area (Å²) in [5, 5.41) is 8.73. The molecule has 0 bridgehead atoms. The molecule has 0 aromatic heterocycles. The predicted octanol–water partition coefficient (Wildman–Crippen LogP) is 3.13. The van der Waals surface area contributed by atoms with E-state index in [4.69, 9.17) is 16.3 Å². The molecule has 1 aromatic carbocycles. The van der Waals surface area contributed by atoms with E-state index in [0.717, 1.165) is 25.7 Å². The number of hydrogen-bond donors (Lipinski definition) is 3. The van der Waals surface area contributed by atoms with Crippen LogP contribution >= 0.6 is 11.6 Å². The molecule has 0 saturated heterocycles. The third kappa shape index (κ3) is 3.44. The van der Waals surface area contributed by atoms with Gasteiger partial charge in [-0.15, -0.1) is 0 Å². The Balaban J connectivity index is 1.66. The number of rotatable bonds is 2. The molecular weight excluding hydrogens is 306 g/mol. The van der Waals surface area contributed by atoms with Gasteiger partial charge in [0.25, 0.3) is 5.91 Å². The van der Waals surface area contributed by atoms with E-state index in [9.17, 15) is 9.59 Å². The highest BCUT2D eigenvalue weighted by atomic mass is 35.5. The summed E-state index contributed by atoms with van der Waals surface area (Å²) in [5.41, 5.74) is 0.976. The molecule has 118 valence electrons. The van der Waals surface area contributed by atoms with Gasteiger partial charge in [-0.2, -0.15) is 0 Å². The van der Waals surface area contributed by atoms with Gasteiger partial charge in [0.2, 0.25) is 0 Å². The standard InChI is InChI=1S/C15H18ClN3O3/c16-10-6-12-13(22-8-14(20)18-12)7-11(10)19-15(21)17-9-4-2-1-3-5-9/h6-7,9H,1-5,8H2,(H,18,20)(H2,17,19,21). The smallest absolute Gasteiger partial charge is 0.319 e. The SMILES string of the molecule is O=C1COc2cc(NC(=O)NC3CCCCC3)c(Cl)cc2N1. The van der Waals surface area contributed by atoms with E-state index in [1.165, 1.54) is 6.42 Å². The molecule has 0 radical (unpaired) electrons. The Kier molecular flexibility index (Phi) is 4.38. The largest absolute Gasteiger partial charge is 0.482 e. The summed E-state index contributed by atoms with van der Waals surface area (Å²) in [4.78, 5) is 23.3. The van der Waals surface area contributed by atoms with Gasteiger partial charge in [-0.3, -0.25) is 4.79 Å². The van der Waals surface area contributed by atoms with Gasteiger partial charge >= 0.3 is 6.03 Å². The number of amides is 3. The van der Waals surface area contributed by atoms with Crippen molar-refractivity contribution in [2.24, 2.45) is 0 Å². The number of fused-ring (bicyclic) bond motifs is 1. The van der Waals surface area contributed by atoms with Crippen molar-refractivity contribution in [3.8, 4) is 5.75 Å². The van der Waals surface area contributed by atoms with Crippen LogP contribution in [0.4, 0.5) is 16.2 Å². The number of carbonyl (C=O) groups excluding carboxylic acids is 2. The van der Waals surface area contributed by atoms with Crippen molar-refractivity contribution in [1.29, 1.82) is 0 Å². The fraction of sp³-hybridized carbons (Fsp3) is 0.467. The molecule has 1 saturated carbocycles. The van der Waals surface area contributed by atoms with E-state index >= 15 is 0 Å². The Bertz CT molecular complexity index is 600. The fourth-order valence-corrected chi connectivity index (χ4v) is 3.00. The summed E-state index contributed by atoms with van der Waals surface area (Å²) >= 11 is 6.15. The van der Waals surface area contributed by atoms with E-state index < -0.39 is 0 Å². The average molecular weight is 324 g/mol. The van der Waals surface area contributed by atoms with Gasteiger partial charge in [0.1, 0.15) is 5.75 Å². The van der Waals surface area contributed by atoms with Crippen LogP contribution in [-0.2, 0) is 4.79 Å². The Labute approximate surface area is 133 Å². The van der Waals surface area contributed by atoms with Crippen molar-refractivity contribution < 1.29 is 14.3 Å². The number of hydrogen-bond acceptors (Lipinski definition) is 3. The van der Waals surface area contributed by atoms with Crippen LogP contribution in [0.1, 0.15) is 32.1 Å². The van der Waals surface area contributed by atoms with Crippen LogP contribution in [0.2, 0.25) is 5.02 Å². The first kappa shape index (κ1) is 15.0. The summed E-state index contributed by atoms with van der Waals surface area (Å²) in [6, 6.07) is 3.15. The first-order valence-electron chi connectivity index (χ1n) is 7.45. The van der Waals surface area contributed by atoms with Crippen molar-refractivity contribution in [2.75, 3.05) is 17.2 Å². The summed E-state index contributed by atoms with van der Waals surface area (Å²) in [6.45, 7) is -0.0393. The zero-order valence-corrected chi connectivity index (χ0v) is 12.8. The van der Waals surface area contributed by atoms with Gasteiger partial charge in [-0.1, -0.05) is 30.9 Å². The van der Waals surface area contributed by atoms with Crippen molar-refractivity contribution in [3.05, 3.63) is 17.2 Å². The van der Waals surface area contributed by atoms with Crippen LogP contribution in [0.5, 0.6) is 5.75 Å². The van der Waals surface area contributed by atoms with E-state index in [-0.39, 0.29) is 24.6 Å². The number of urea groups is 1. The van der Waals surface area contributed by atoms with Crippen molar-refractivity contribution in [3.63, 3.8) is 0 Å². The maximum atomic E-state index is 12.1. The molecule has 1 aliphatic carbocycles. The van der Waals surface area contributed by atoms with E-state index in [1.54, 1.807) is 12.1 Å². The number of benzene rings is 1. The number of anilines is 2. The molecule has 7 heteroatoms. The molecule has 0 spiro atoms. The Morgan fingerprint density at radius 3 is 2.82 bits per heavy atom. The molecule has 3 amide bonds. The molecule has 1 fully saturated rings. The summed E-state index contributed by atoms with van der Waals surface area (Å²) in [7, 11) is 0. The quantitative estimate of drug-likeness (QED) is 0.782. The minimum Gasteiger partial charge on any atom is -0.482 e. The summed E-state index contributed by atoms with van der Waals surface area (Å²) in [5.74, 6) is 0.274. The monoisotopic (exact) mass is 323 g/mol. The number of carbonyl (C=O) groups is 2. The molecular formula is C15H18ClN3O3. The molecule has 3 N–H and O–H groups in total. The second kappa shape index (κ2) is 6.44. The number of nitrogens with one attached hydrogen (secondary N) is 3. The highest BCUT2D eigenvalue weighted by Crippen LogP contribution is 2.36. The summed E-state index contributed by atoms with van der Waals surface area (Å²) < 4.78 is 5.32. The molecule has 6 nitrogen and oxygen atoms in total. The van der Waals surface area contributed by atoms with Crippen LogP contribution in [0, 0.1) is 0 Å². The third-order valence-corrected chi connectivity index (χ3v) is 4.20. The lowest BCUT2D eigenvalue weighted by Crippen LogP contribution is -2.39. The van der Waals surface area contributed by atoms with Crippen LogP contribution in [0.25, 0.3) is 0 Å². The third-order valence-electron chi connectivity index (χ3n) is 3.89. The lowest BCUT2D eigenvalue weighted by atomic mass is 9.96. The molecule has 1 heterocycles. The van der Waals surface area contributed by atoms with Crippen molar-refractivity contribution in [1.82, 2.24) is 5.32 Å². The van der Waals surface area contributed by atoms with E-state index in [2.05, 4.69) is 16.0 Å². The fourth-order valence-electron chi connectivity index (χ4n) is 2.79. The van der Waals surface area contributed by atoms with Crippen molar-refractivity contribution >= 4 is 34.9 Å². The van der Waals surface area contributed by atoms with Crippen LogP contribution < -0.4 is 20.7 Å². The zero-order valence-electron chi connectivity index (χ0n) is 12.1. The van der Waals surface area contributed by atoms with Gasteiger partial charge in [-0.25, -0.2) is 4.79 Å². The molecule has 1 aromatic rings. The van der Waals surface area contributed by atoms with Gasteiger partial charge in [-0.05, 0) is 18.9 Å². The van der Waals surface area contributed by atoms with E-state index in [0.29, 0.717) is 22.1 Å². The van der Waals surface area contributed by atoms with Crippen molar-refractivity contribution in [2.45, 2.75) is 38.1 Å². The Hall–Kier alpha value is -1.95. The predicted molar refractivity (Wildman–Crippen MR) is 84.6 cm³/mol. The lowest BCUT2D eigenvalue weighted by Gasteiger charge is -2.23. The Morgan fingerprint density at radius 2 is 2.05 bits per heavy atom. The average Bonchev–Trinajstić information content (AvgIpc) is 2.49. The minimum atomic E-state index is -0.270. The zero-order chi connectivity index (χ0) is 15.5. The first-order valence-corrected chi connectivity index (χ1v) is 7.83. The number of ether oxygens (including phenoxy) is 1. The molecule has 3 rings (SSSR count). The first-order chi connectivity index (χ1) is 10.6. The normalized spacial score (nSPS) is 18.0. The molecule has 0 atom stereocenters. The minimum absolute atomic E-state index is 0.0393. The Morgan fingerprint density at radius 1 is 1.27 bits per heavy atom. The maximum absolute atomic E-state index is 12.1. The van der Waals surface area contributed by atoms with Gasteiger partial charge in [0.05, 0.1) is 16.4 Å². The maximum Gasteiger partial charge on any atom is 0.319 e. The topological polar surface area (TPSA) is 79.5 Å². The molecule has 22 heavy (non-hydrogen) atoms. The summed E-state index contributed by atoms with van der Waals surface area (Å²) in [6.07, 6.45) is 5.57. The molecule has 1 aliphatic heterocycles.